The Balaban J connectivity index is 1.76. The molecule has 0 saturated carbocycles. The van der Waals surface area contributed by atoms with Gasteiger partial charge in [0.05, 0.1) is 12.8 Å². The van der Waals surface area contributed by atoms with Crippen LogP contribution < -0.4 is 5.32 Å². The van der Waals surface area contributed by atoms with Gasteiger partial charge in [0.1, 0.15) is 0 Å². The van der Waals surface area contributed by atoms with Crippen LogP contribution in [0.25, 0.3) is 0 Å². The quantitative estimate of drug-likeness (QED) is 0.713. The van der Waals surface area contributed by atoms with Crippen LogP contribution in [-0.4, -0.2) is 68.6 Å². The topological polar surface area (TPSA) is 69.7 Å². The third-order valence-electron chi connectivity index (χ3n) is 5.61. The average Bonchev–Trinajstić information content (AvgIpc) is 2.58. The van der Waals surface area contributed by atoms with Crippen molar-refractivity contribution in [2.24, 2.45) is 0 Å². The van der Waals surface area contributed by atoms with Crippen LogP contribution in [0.1, 0.15) is 42.0 Å². The molecule has 1 heterocycles. The molecule has 0 aliphatic carbocycles. The summed E-state index contributed by atoms with van der Waals surface area (Å²) in [5, 5.41) is 3.03. The summed E-state index contributed by atoms with van der Waals surface area (Å²) >= 11 is 0. The summed E-state index contributed by atoms with van der Waals surface area (Å²) in [4.78, 5) is 14.4. The highest BCUT2D eigenvalue weighted by molar-refractivity contribution is 7.88. The van der Waals surface area contributed by atoms with Crippen molar-refractivity contribution in [3.63, 3.8) is 0 Å². The van der Waals surface area contributed by atoms with Crippen molar-refractivity contribution >= 4 is 15.9 Å². The molecule has 7 heteroatoms. The van der Waals surface area contributed by atoms with E-state index < -0.39 is 10.0 Å². The Morgan fingerprint density at radius 2 is 1.75 bits per heavy atom. The summed E-state index contributed by atoms with van der Waals surface area (Å²) in [6.45, 7) is 11.2. The minimum absolute atomic E-state index is 0.0383. The monoisotopic (exact) mass is 409 g/mol. The van der Waals surface area contributed by atoms with Crippen molar-refractivity contribution in [2.45, 2.75) is 53.0 Å². The fraction of sp³-hybridized carbons (Fsp3) is 0.667. The lowest BCUT2D eigenvalue weighted by Gasteiger charge is -2.36. The van der Waals surface area contributed by atoms with Crippen molar-refractivity contribution in [1.29, 1.82) is 0 Å². The number of carbonyl (C=O) groups is 1. The molecular weight excluding hydrogens is 374 g/mol. The van der Waals surface area contributed by atoms with E-state index in [0.29, 0.717) is 19.6 Å². The van der Waals surface area contributed by atoms with Crippen LogP contribution in [0.2, 0.25) is 0 Å². The van der Waals surface area contributed by atoms with Gasteiger partial charge in [-0.15, -0.1) is 0 Å². The van der Waals surface area contributed by atoms with Gasteiger partial charge in [-0.05, 0) is 56.7 Å². The summed E-state index contributed by atoms with van der Waals surface area (Å²) in [6.07, 6.45) is 3.66. The van der Waals surface area contributed by atoms with Crippen molar-refractivity contribution in [3.8, 4) is 0 Å². The van der Waals surface area contributed by atoms with E-state index in [1.54, 1.807) is 4.31 Å². The summed E-state index contributed by atoms with van der Waals surface area (Å²) in [7, 11) is -3.17. The fourth-order valence-corrected chi connectivity index (χ4v) is 5.54. The Morgan fingerprint density at radius 3 is 2.25 bits per heavy atom. The van der Waals surface area contributed by atoms with Crippen molar-refractivity contribution in [1.82, 2.24) is 14.5 Å². The van der Waals surface area contributed by atoms with E-state index in [0.717, 1.165) is 32.4 Å². The van der Waals surface area contributed by atoms with Crippen LogP contribution in [0.4, 0.5) is 0 Å². The first kappa shape index (κ1) is 22.8. The van der Waals surface area contributed by atoms with Crippen molar-refractivity contribution in [3.05, 3.63) is 34.4 Å². The van der Waals surface area contributed by atoms with Gasteiger partial charge >= 0.3 is 0 Å². The van der Waals surface area contributed by atoms with Crippen molar-refractivity contribution in [2.75, 3.05) is 39.0 Å². The van der Waals surface area contributed by atoms with Gasteiger partial charge in [-0.2, -0.15) is 4.31 Å². The van der Waals surface area contributed by atoms with Crippen LogP contribution in [0.3, 0.4) is 0 Å². The molecule has 1 saturated heterocycles. The largest absolute Gasteiger partial charge is 0.355 e. The number of aryl methyl sites for hydroxylation is 3. The lowest BCUT2D eigenvalue weighted by atomic mass is 9.97. The molecule has 0 aromatic heterocycles. The normalized spacial score (nSPS) is 16.5. The number of likely N-dealkylation sites (tertiary alicyclic amines) is 1. The minimum atomic E-state index is -3.17. The average molecular weight is 410 g/mol. The first-order valence-electron chi connectivity index (χ1n) is 10.1. The van der Waals surface area contributed by atoms with Crippen LogP contribution in [0, 0.1) is 20.8 Å². The summed E-state index contributed by atoms with van der Waals surface area (Å²) < 4.78 is 25.3. The van der Waals surface area contributed by atoms with Crippen LogP contribution in [0.5, 0.6) is 0 Å². The lowest BCUT2D eigenvalue weighted by Crippen LogP contribution is -2.49. The number of nitrogens with one attached hydrogen (secondary N) is 1. The Labute approximate surface area is 170 Å². The molecule has 0 radical (unpaired) electrons. The number of piperidine rings is 1. The first-order valence-corrected chi connectivity index (χ1v) is 12.0. The van der Waals surface area contributed by atoms with E-state index in [1.165, 1.54) is 28.5 Å². The number of carbonyl (C=O) groups excluding carboxylic acids is 1. The Hall–Kier alpha value is -1.44. The minimum Gasteiger partial charge on any atom is -0.355 e. The Morgan fingerprint density at radius 1 is 1.18 bits per heavy atom. The second-order valence-corrected chi connectivity index (χ2v) is 9.89. The van der Waals surface area contributed by atoms with Gasteiger partial charge in [0.2, 0.25) is 15.9 Å². The van der Waals surface area contributed by atoms with E-state index in [4.69, 9.17) is 0 Å². The highest BCUT2D eigenvalue weighted by atomic mass is 32.2. The number of amides is 1. The van der Waals surface area contributed by atoms with E-state index in [1.807, 2.05) is 6.92 Å². The molecule has 0 atom stereocenters. The van der Waals surface area contributed by atoms with Gasteiger partial charge in [-0.3, -0.25) is 9.69 Å². The molecule has 6 nitrogen and oxygen atoms in total. The highest BCUT2D eigenvalue weighted by Crippen LogP contribution is 2.19. The number of hydrogen-bond acceptors (Lipinski definition) is 4. The molecule has 0 spiro atoms. The number of hydrogen-bond donors (Lipinski definition) is 1. The first-order chi connectivity index (χ1) is 13.1. The predicted octanol–water partition coefficient (Wildman–Crippen LogP) is 2.02. The number of rotatable bonds is 8. The second kappa shape index (κ2) is 9.85. The molecule has 28 heavy (non-hydrogen) atoms. The maximum Gasteiger partial charge on any atom is 0.234 e. The molecule has 0 bridgehead atoms. The zero-order valence-corrected chi connectivity index (χ0v) is 18.7. The lowest BCUT2D eigenvalue weighted by molar-refractivity contribution is -0.122. The van der Waals surface area contributed by atoms with Crippen LogP contribution in [-0.2, 0) is 21.2 Å². The number of sulfonamides is 1. The zero-order valence-electron chi connectivity index (χ0n) is 17.9. The van der Waals surface area contributed by atoms with Crippen LogP contribution in [0.15, 0.2) is 12.1 Å². The second-order valence-electron chi connectivity index (χ2n) is 7.95. The Bertz CT molecular complexity index is 761. The summed E-state index contributed by atoms with van der Waals surface area (Å²) in [6, 6.07) is 4.42. The molecule has 1 aromatic carbocycles. The molecular formula is C21H35N3O3S. The van der Waals surface area contributed by atoms with Crippen molar-refractivity contribution < 1.29 is 13.2 Å². The van der Waals surface area contributed by atoms with E-state index in [9.17, 15) is 13.2 Å². The van der Waals surface area contributed by atoms with E-state index in [-0.39, 0.29) is 11.9 Å². The van der Waals surface area contributed by atoms with Gasteiger partial charge in [-0.1, -0.05) is 24.6 Å². The van der Waals surface area contributed by atoms with Gasteiger partial charge in [-0.25, -0.2) is 8.42 Å². The summed E-state index contributed by atoms with van der Waals surface area (Å²) in [5.41, 5.74) is 5.14. The zero-order chi connectivity index (χ0) is 20.9. The molecule has 1 fully saturated rings. The highest BCUT2D eigenvalue weighted by Gasteiger charge is 2.29. The third kappa shape index (κ3) is 6.29. The molecule has 2 rings (SSSR count). The molecule has 158 valence electrons. The molecule has 0 unspecified atom stereocenters. The predicted molar refractivity (Wildman–Crippen MR) is 114 cm³/mol. The maximum atomic E-state index is 12.3. The molecule has 1 aliphatic rings. The van der Waals surface area contributed by atoms with Crippen LogP contribution >= 0.6 is 0 Å². The van der Waals surface area contributed by atoms with Gasteiger partial charge in [0.25, 0.3) is 0 Å². The molecule has 1 amide bonds. The van der Waals surface area contributed by atoms with Gasteiger partial charge in [0.15, 0.2) is 0 Å². The molecule has 1 aliphatic heterocycles. The fourth-order valence-electron chi connectivity index (χ4n) is 4.32. The standard InChI is InChI=1S/C21H35N3O3S/c1-6-24(28(5,26)27)19-8-11-23(12-9-19)15-21(25)22-10-7-20-17(3)13-16(2)14-18(20)4/h13-14,19H,6-12,15H2,1-5H3,(H,22,25). The van der Waals surface area contributed by atoms with E-state index >= 15 is 0 Å². The third-order valence-corrected chi connectivity index (χ3v) is 7.02. The van der Waals surface area contributed by atoms with Gasteiger partial charge in [0, 0.05) is 32.2 Å². The smallest absolute Gasteiger partial charge is 0.234 e. The molecule has 1 N–H and O–H groups in total. The molecule has 1 aromatic rings. The SMILES string of the molecule is CCN(C1CCN(CC(=O)NCCc2c(C)cc(C)cc2C)CC1)S(C)(=O)=O. The van der Waals surface area contributed by atoms with E-state index in [2.05, 4.69) is 43.1 Å². The number of nitrogens with zero attached hydrogens (tertiary/aromatic N) is 2. The maximum absolute atomic E-state index is 12.3. The number of benzene rings is 1. The summed E-state index contributed by atoms with van der Waals surface area (Å²) in [5.74, 6) is 0.0383. The van der Waals surface area contributed by atoms with Gasteiger partial charge < -0.3 is 5.32 Å². The Kier molecular flexibility index (Phi) is 8.04.